The summed E-state index contributed by atoms with van der Waals surface area (Å²) in [6.07, 6.45) is 4.78. The maximum absolute atomic E-state index is 14.2. The van der Waals surface area contributed by atoms with Crippen LogP contribution < -0.4 is 5.32 Å². The third-order valence-electron chi connectivity index (χ3n) is 4.67. The van der Waals surface area contributed by atoms with Crippen LogP contribution in [0.5, 0.6) is 0 Å². The Morgan fingerprint density at radius 3 is 2.27 bits per heavy atom. The Balaban J connectivity index is 0.00000121. The van der Waals surface area contributed by atoms with Crippen LogP contribution in [0.15, 0.2) is 18.2 Å². The van der Waals surface area contributed by atoms with Crippen molar-refractivity contribution in [3.05, 3.63) is 35.4 Å². The van der Waals surface area contributed by atoms with Crippen molar-refractivity contribution in [2.45, 2.75) is 31.7 Å². The van der Waals surface area contributed by atoms with Gasteiger partial charge in [-0.2, -0.15) is 0 Å². The fourth-order valence-corrected chi connectivity index (χ4v) is 3.72. The zero-order chi connectivity index (χ0) is 13.9. The van der Waals surface area contributed by atoms with Crippen LogP contribution in [0.25, 0.3) is 0 Å². The summed E-state index contributed by atoms with van der Waals surface area (Å²) in [6.45, 7) is 3.79. The third-order valence-corrected chi connectivity index (χ3v) is 4.67. The van der Waals surface area contributed by atoms with Crippen molar-refractivity contribution in [1.82, 2.24) is 10.2 Å². The van der Waals surface area contributed by atoms with Gasteiger partial charge < -0.3 is 5.32 Å². The number of nitrogens with zero attached hydrogens (tertiary/aromatic N) is 1. The van der Waals surface area contributed by atoms with Crippen molar-refractivity contribution < 1.29 is 8.78 Å². The lowest BCUT2D eigenvalue weighted by atomic mass is 9.89. The SMILES string of the molecule is Cl.Cl.Fc1ccc([C@H](C2CCCC2)N2CCNCC2)c(F)c1. The molecule has 3 rings (SSSR count). The van der Waals surface area contributed by atoms with E-state index in [0.717, 1.165) is 45.1 Å². The van der Waals surface area contributed by atoms with Crippen LogP contribution in [0.1, 0.15) is 37.3 Å². The molecule has 0 radical (unpaired) electrons. The Labute approximate surface area is 143 Å². The van der Waals surface area contributed by atoms with E-state index < -0.39 is 5.82 Å². The van der Waals surface area contributed by atoms with Gasteiger partial charge in [0.1, 0.15) is 11.6 Å². The first-order valence-electron chi connectivity index (χ1n) is 7.65. The summed E-state index contributed by atoms with van der Waals surface area (Å²) in [4.78, 5) is 2.38. The largest absolute Gasteiger partial charge is 0.314 e. The number of piperazine rings is 1. The fourth-order valence-electron chi connectivity index (χ4n) is 3.72. The first-order chi connectivity index (χ1) is 9.75. The molecule has 1 aromatic carbocycles. The highest BCUT2D eigenvalue weighted by Gasteiger charge is 2.33. The molecule has 1 aliphatic heterocycles. The molecule has 2 aliphatic rings. The molecule has 2 nitrogen and oxygen atoms in total. The summed E-state index contributed by atoms with van der Waals surface area (Å²) in [5.41, 5.74) is 0.681. The van der Waals surface area contributed by atoms with Gasteiger partial charge in [0, 0.05) is 43.9 Å². The van der Waals surface area contributed by atoms with Gasteiger partial charge in [0.2, 0.25) is 0 Å². The number of rotatable bonds is 3. The lowest BCUT2D eigenvalue weighted by molar-refractivity contribution is 0.122. The average molecular weight is 353 g/mol. The number of nitrogens with one attached hydrogen (secondary N) is 1. The van der Waals surface area contributed by atoms with Gasteiger partial charge in [-0.1, -0.05) is 18.9 Å². The highest BCUT2D eigenvalue weighted by molar-refractivity contribution is 5.85. The summed E-state index contributed by atoms with van der Waals surface area (Å²) in [5, 5.41) is 3.34. The molecule has 1 aliphatic carbocycles. The van der Waals surface area contributed by atoms with Crippen molar-refractivity contribution in [3.63, 3.8) is 0 Å². The van der Waals surface area contributed by atoms with E-state index in [9.17, 15) is 8.78 Å². The molecule has 1 N–H and O–H groups in total. The molecule has 2 fully saturated rings. The average Bonchev–Trinajstić information content (AvgIpc) is 2.97. The number of hydrogen-bond donors (Lipinski definition) is 1. The molecule has 22 heavy (non-hydrogen) atoms. The minimum absolute atomic E-state index is 0. The van der Waals surface area contributed by atoms with E-state index in [1.165, 1.54) is 18.9 Å². The highest BCUT2D eigenvalue weighted by Crippen LogP contribution is 2.40. The van der Waals surface area contributed by atoms with Crippen LogP contribution in [-0.4, -0.2) is 31.1 Å². The quantitative estimate of drug-likeness (QED) is 0.885. The van der Waals surface area contributed by atoms with Crippen molar-refractivity contribution in [3.8, 4) is 0 Å². The maximum Gasteiger partial charge on any atom is 0.130 e. The van der Waals surface area contributed by atoms with Gasteiger partial charge in [-0.25, -0.2) is 8.78 Å². The van der Waals surface area contributed by atoms with Crippen molar-refractivity contribution in [1.29, 1.82) is 0 Å². The molecule has 1 saturated heterocycles. The minimum atomic E-state index is -0.489. The van der Waals surface area contributed by atoms with E-state index in [0.29, 0.717) is 11.5 Å². The maximum atomic E-state index is 14.2. The Bertz CT molecular complexity index is 461. The third kappa shape index (κ3) is 4.31. The summed E-state index contributed by atoms with van der Waals surface area (Å²) < 4.78 is 27.4. The van der Waals surface area contributed by atoms with E-state index in [2.05, 4.69) is 10.2 Å². The number of halogens is 4. The van der Waals surface area contributed by atoms with Gasteiger partial charge in [-0.05, 0) is 24.8 Å². The van der Waals surface area contributed by atoms with Crippen LogP contribution in [0, 0.1) is 17.6 Å². The summed E-state index contributed by atoms with van der Waals surface area (Å²) >= 11 is 0. The van der Waals surface area contributed by atoms with Gasteiger partial charge in [-0.15, -0.1) is 24.8 Å². The zero-order valence-electron chi connectivity index (χ0n) is 12.6. The number of hydrogen-bond acceptors (Lipinski definition) is 2. The second kappa shape index (κ2) is 9.02. The normalized spacial score (nSPS) is 21.0. The van der Waals surface area contributed by atoms with Crippen molar-refractivity contribution in [2.75, 3.05) is 26.2 Å². The molecular formula is C16H24Cl2F2N2. The molecule has 0 spiro atoms. The molecule has 0 amide bonds. The van der Waals surface area contributed by atoms with E-state index in [1.807, 2.05) is 0 Å². The van der Waals surface area contributed by atoms with Gasteiger partial charge in [0.25, 0.3) is 0 Å². The lowest BCUT2D eigenvalue weighted by Crippen LogP contribution is -2.46. The summed E-state index contributed by atoms with van der Waals surface area (Å²) in [7, 11) is 0. The fraction of sp³-hybridized carbons (Fsp3) is 0.625. The first kappa shape index (κ1) is 19.6. The Morgan fingerprint density at radius 2 is 1.68 bits per heavy atom. The predicted molar refractivity (Wildman–Crippen MR) is 90.0 cm³/mol. The topological polar surface area (TPSA) is 15.3 Å². The Morgan fingerprint density at radius 1 is 1.05 bits per heavy atom. The molecule has 6 heteroatoms. The molecule has 126 valence electrons. The smallest absolute Gasteiger partial charge is 0.130 e. The molecule has 1 atom stereocenters. The van der Waals surface area contributed by atoms with E-state index in [-0.39, 0.29) is 36.7 Å². The van der Waals surface area contributed by atoms with Crippen LogP contribution in [0.4, 0.5) is 8.78 Å². The second-order valence-corrected chi connectivity index (χ2v) is 5.94. The first-order valence-corrected chi connectivity index (χ1v) is 7.65. The van der Waals surface area contributed by atoms with E-state index in [1.54, 1.807) is 6.07 Å². The van der Waals surface area contributed by atoms with E-state index >= 15 is 0 Å². The summed E-state index contributed by atoms with van der Waals surface area (Å²) in [6, 6.07) is 4.18. The van der Waals surface area contributed by atoms with Crippen LogP contribution in [0.3, 0.4) is 0 Å². The molecule has 0 unspecified atom stereocenters. The molecule has 0 bridgehead atoms. The standard InChI is InChI=1S/C16H22F2N2.2ClH/c17-13-5-6-14(15(18)11-13)16(12-3-1-2-4-12)20-9-7-19-8-10-20;;/h5-6,11-12,16,19H,1-4,7-10H2;2*1H/t16-;;/m0../s1. The van der Waals surface area contributed by atoms with Gasteiger partial charge in [-0.3, -0.25) is 4.90 Å². The monoisotopic (exact) mass is 352 g/mol. The number of benzene rings is 1. The zero-order valence-corrected chi connectivity index (χ0v) is 14.2. The molecule has 1 heterocycles. The Hall–Kier alpha value is -0.420. The van der Waals surface area contributed by atoms with Crippen molar-refractivity contribution in [2.24, 2.45) is 5.92 Å². The second-order valence-electron chi connectivity index (χ2n) is 5.94. The molecule has 0 aromatic heterocycles. The minimum Gasteiger partial charge on any atom is -0.314 e. The van der Waals surface area contributed by atoms with Gasteiger partial charge >= 0.3 is 0 Å². The van der Waals surface area contributed by atoms with Crippen LogP contribution in [0.2, 0.25) is 0 Å². The van der Waals surface area contributed by atoms with Crippen molar-refractivity contribution >= 4 is 24.8 Å². The predicted octanol–water partition coefficient (Wildman–Crippen LogP) is 3.94. The van der Waals surface area contributed by atoms with Crippen LogP contribution in [-0.2, 0) is 0 Å². The highest BCUT2D eigenvalue weighted by atomic mass is 35.5. The van der Waals surface area contributed by atoms with Gasteiger partial charge in [0.05, 0.1) is 0 Å². The molecule has 1 aromatic rings. The van der Waals surface area contributed by atoms with Crippen LogP contribution >= 0.6 is 24.8 Å². The van der Waals surface area contributed by atoms with E-state index in [4.69, 9.17) is 0 Å². The van der Waals surface area contributed by atoms with Gasteiger partial charge in [0.15, 0.2) is 0 Å². The molecule has 1 saturated carbocycles. The molecular weight excluding hydrogens is 329 g/mol. The lowest BCUT2D eigenvalue weighted by Gasteiger charge is -2.38. The summed E-state index contributed by atoms with van der Waals surface area (Å²) in [5.74, 6) is -0.370. The Kier molecular flexibility index (Phi) is 8.04.